The smallest absolute Gasteiger partial charge is 0.130 e. The first-order chi connectivity index (χ1) is 12.8. The zero-order valence-corrected chi connectivity index (χ0v) is 15.5. The fraction of sp³-hybridized carbons (Fsp3) is 0.136. The van der Waals surface area contributed by atoms with Crippen LogP contribution in [0, 0.1) is 0 Å². The Morgan fingerprint density at radius 3 is 2.38 bits per heavy atom. The van der Waals surface area contributed by atoms with E-state index in [4.69, 9.17) is 5.10 Å². The van der Waals surface area contributed by atoms with Crippen LogP contribution in [0.2, 0.25) is 0 Å². The summed E-state index contributed by atoms with van der Waals surface area (Å²) in [5, 5.41) is 10.5. The van der Waals surface area contributed by atoms with Crippen LogP contribution in [0.5, 0.6) is 0 Å². The second-order valence-electron chi connectivity index (χ2n) is 6.16. The van der Waals surface area contributed by atoms with E-state index in [0.29, 0.717) is 0 Å². The summed E-state index contributed by atoms with van der Waals surface area (Å²) in [5.41, 5.74) is 4.68. The van der Waals surface area contributed by atoms with Gasteiger partial charge in [0.1, 0.15) is 11.5 Å². The summed E-state index contributed by atoms with van der Waals surface area (Å²) in [6.07, 6.45) is 1.07. The number of para-hydroxylation sites is 1. The maximum absolute atomic E-state index is 4.83. The quantitative estimate of drug-likeness (QED) is 0.473. The second kappa shape index (κ2) is 7.58. The van der Waals surface area contributed by atoms with E-state index in [1.807, 2.05) is 22.9 Å². The molecule has 4 aromatic rings. The molecule has 0 saturated carbocycles. The largest absolute Gasteiger partial charge is 0.366 e. The predicted octanol–water partition coefficient (Wildman–Crippen LogP) is 5.78. The minimum absolute atomic E-state index is 0.770. The molecule has 0 saturated heterocycles. The fourth-order valence-electron chi connectivity index (χ4n) is 2.90. The highest BCUT2D eigenvalue weighted by Gasteiger charge is 2.11. The topological polar surface area (TPSA) is 29.9 Å². The van der Waals surface area contributed by atoms with Gasteiger partial charge in [-0.25, -0.2) is 4.68 Å². The lowest BCUT2D eigenvalue weighted by Gasteiger charge is -2.10. The molecule has 0 unspecified atom stereocenters. The highest BCUT2D eigenvalue weighted by atomic mass is 32.1. The maximum atomic E-state index is 4.83. The van der Waals surface area contributed by atoms with Gasteiger partial charge in [-0.3, -0.25) is 0 Å². The third-order valence-electron chi connectivity index (χ3n) is 4.39. The van der Waals surface area contributed by atoms with Crippen molar-refractivity contribution in [1.29, 1.82) is 0 Å². The van der Waals surface area contributed by atoms with Crippen LogP contribution in [0.4, 0.5) is 5.82 Å². The van der Waals surface area contributed by atoms with Crippen molar-refractivity contribution in [3.63, 3.8) is 0 Å². The molecule has 0 aliphatic heterocycles. The first-order valence-corrected chi connectivity index (χ1v) is 9.72. The van der Waals surface area contributed by atoms with E-state index in [0.717, 1.165) is 30.2 Å². The fourth-order valence-corrected chi connectivity index (χ4v) is 3.58. The summed E-state index contributed by atoms with van der Waals surface area (Å²) >= 11 is 1.71. The molecule has 0 radical (unpaired) electrons. The molecule has 2 aromatic heterocycles. The molecule has 0 aliphatic carbocycles. The average molecular weight is 359 g/mol. The molecule has 0 bridgehead atoms. The number of aryl methyl sites for hydroxylation is 1. The van der Waals surface area contributed by atoms with Crippen LogP contribution in [0.15, 0.2) is 78.2 Å². The first kappa shape index (κ1) is 16.6. The minimum atomic E-state index is 0.770. The Hall–Kier alpha value is -2.85. The monoisotopic (exact) mass is 359 g/mol. The molecular formula is C22H21N3S. The van der Waals surface area contributed by atoms with Crippen molar-refractivity contribution in [3.05, 3.63) is 89.3 Å². The molecule has 26 heavy (non-hydrogen) atoms. The number of rotatable bonds is 6. The third-order valence-corrected chi connectivity index (χ3v) is 5.28. The van der Waals surface area contributed by atoms with E-state index in [1.165, 1.54) is 16.0 Å². The van der Waals surface area contributed by atoms with Gasteiger partial charge in [-0.1, -0.05) is 55.5 Å². The van der Waals surface area contributed by atoms with Crippen LogP contribution in [-0.2, 0) is 13.0 Å². The highest BCUT2D eigenvalue weighted by molar-refractivity contribution is 7.13. The summed E-state index contributed by atoms with van der Waals surface area (Å²) in [4.78, 5) is 1.18. The number of aromatic nitrogens is 2. The molecule has 1 N–H and O–H groups in total. The zero-order chi connectivity index (χ0) is 17.8. The van der Waals surface area contributed by atoms with Crippen molar-refractivity contribution >= 4 is 17.2 Å². The SMILES string of the molecule is CCc1ccc(CNc2cc(-c3cccs3)nn2-c2ccccc2)cc1. The zero-order valence-electron chi connectivity index (χ0n) is 14.7. The lowest BCUT2D eigenvalue weighted by molar-refractivity contribution is 0.879. The van der Waals surface area contributed by atoms with Gasteiger partial charge < -0.3 is 5.32 Å². The van der Waals surface area contributed by atoms with Crippen molar-refractivity contribution < 1.29 is 0 Å². The number of nitrogens with zero attached hydrogens (tertiary/aromatic N) is 2. The molecular weight excluding hydrogens is 338 g/mol. The number of hydrogen-bond acceptors (Lipinski definition) is 3. The van der Waals surface area contributed by atoms with Crippen molar-refractivity contribution in [3.8, 4) is 16.3 Å². The molecule has 0 amide bonds. The Morgan fingerprint density at radius 2 is 1.69 bits per heavy atom. The standard InChI is InChI=1S/C22H21N3S/c1-2-17-10-12-18(13-11-17)16-23-22-15-20(21-9-6-14-26-21)24-25(22)19-7-4-3-5-8-19/h3-15,23H,2,16H2,1H3. The first-order valence-electron chi connectivity index (χ1n) is 8.84. The van der Waals surface area contributed by atoms with E-state index in [2.05, 4.69) is 72.2 Å². The van der Waals surface area contributed by atoms with Crippen LogP contribution in [-0.4, -0.2) is 9.78 Å². The van der Waals surface area contributed by atoms with Gasteiger partial charge in [-0.15, -0.1) is 11.3 Å². The van der Waals surface area contributed by atoms with Crippen molar-refractivity contribution in [2.24, 2.45) is 0 Å². The van der Waals surface area contributed by atoms with Gasteiger partial charge in [0.05, 0.1) is 10.6 Å². The van der Waals surface area contributed by atoms with Gasteiger partial charge in [0.25, 0.3) is 0 Å². The van der Waals surface area contributed by atoms with Crippen LogP contribution in [0.3, 0.4) is 0 Å². The summed E-state index contributed by atoms with van der Waals surface area (Å²) in [5.74, 6) is 0.999. The van der Waals surface area contributed by atoms with E-state index in [1.54, 1.807) is 11.3 Å². The summed E-state index contributed by atoms with van der Waals surface area (Å²) in [7, 11) is 0. The van der Waals surface area contributed by atoms with Gasteiger partial charge >= 0.3 is 0 Å². The molecule has 0 spiro atoms. The van der Waals surface area contributed by atoms with Crippen LogP contribution in [0.25, 0.3) is 16.3 Å². The highest BCUT2D eigenvalue weighted by Crippen LogP contribution is 2.28. The Kier molecular flexibility index (Phi) is 4.84. The molecule has 2 aromatic carbocycles. The van der Waals surface area contributed by atoms with Gasteiger partial charge in [0, 0.05) is 12.6 Å². The molecule has 4 rings (SSSR count). The molecule has 0 aliphatic rings. The number of hydrogen-bond donors (Lipinski definition) is 1. The van der Waals surface area contributed by atoms with Crippen molar-refractivity contribution in [2.45, 2.75) is 19.9 Å². The molecule has 4 heteroatoms. The summed E-state index contributed by atoms with van der Waals surface area (Å²) in [6, 6.07) is 25.3. The van der Waals surface area contributed by atoms with E-state index >= 15 is 0 Å². The molecule has 3 nitrogen and oxygen atoms in total. The lowest BCUT2D eigenvalue weighted by Crippen LogP contribution is -2.06. The Labute approximate surface area is 157 Å². The Bertz CT molecular complexity index is 955. The van der Waals surface area contributed by atoms with Crippen LogP contribution >= 0.6 is 11.3 Å². The normalized spacial score (nSPS) is 10.8. The molecule has 0 fully saturated rings. The van der Waals surface area contributed by atoms with Crippen LogP contribution in [0.1, 0.15) is 18.1 Å². The maximum Gasteiger partial charge on any atom is 0.130 e. The Balaban J connectivity index is 1.63. The summed E-state index contributed by atoms with van der Waals surface area (Å²) < 4.78 is 1.98. The van der Waals surface area contributed by atoms with Gasteiger partial charge in [0.2, 0.25) is 0 Å². The average Bonchev–Trinajstić information content (AvgIpc) is 3.37. The second-order valence-corrected chi connectivity index (χ2v) is 7.11. The lowest BCUT2D eigenvalue weighted by atomic mass is 10.1. The van der Waals surface area contributed by atoms with Crippen molar-refractivity contribution in [1.82, 2.24) is 9.78 Å². The van der Waals surface area contributed by atoms with Gasteiger partial charge in [-0.05, 0) is 41.1 Å². The molecule has 2 heterocycles. The van der Waals surface area contributed by atoms with E-state index in [-0.39, 0.29) is 0 Å². The number of nitrogens with one attached hydrogen (secondary N) is 1. The van der Waals surface area contributed by atoms with Gasteiger partial charge in [-0.2, -0.15) is 5.10 Å². The number of anilines is 1. The number of thiophene rings is 1. The van der Waals surface area contributed by atoms with E-state index < -0.39 is 0 Å². The van der Waals surface area contributed by atoms with Gasteiger partial charge in [0.15, 0.2) is 0 Å². The third kappa shape index (κ3) is 3.55. The summed E-state index contributed by atoms with van der Waals surface area (Å²) in [6.45, 7) is 2.95. The van der Waals surface area contributed by atoms with E-state index in [9.17, 15) is 0 Å². The predicted molar refractivity (Wildman–Crippen MR) is 110 cm³/mol. The van der Waals surface area contributed by atoms with Crippen LogP contribution < -0.4 is 5.32 Å². The molecule has 0 atom stereocenters. The molecule has 130 valence electrons. The number of benzene rings is 2. The minimum Gasteiger partial charge on any atom is -0.366 e. The Morgan fingerprint density at radius 1 is 0.923 bits per heavy atom. The van der Waals surface area contributed by atoms with Crippen molar-refractivity contribution in [2.75, 3.05) is 5.32 Å².